The van der Waals surface area contributed by atoms with Crippen molar-refractivity contribution in [2.24, 2.45) is 0 Å². The zero-order chi connectivity index (χ0) is 12.5. The van der Waals surface area contributed by atoms with E-state index in [2.05, 4.69) is 21.8 Å². The minimum absolute atomic E-state index is 0.247. The van der Waals surface area contributed by atoms with E-state index in [-0.39, 0.29) is 6.10 Å². The lowest BCUT2D eigenvalue weighted by molar-refractivity contribution is 0.0529. The third kappa shape index (κ3) is 2.13. The van der Waals surface area contributed by atoms with Crippen LogP contribution in [0.15, 0.2) is 24.4 Å². The van der Waals surface area contributed by atoms with Crippen molar-refractivity contribution in [1.29, 1.82) is 0 Å². The summed E-state index contributed by atoms with van der Waals surface area (Å²) in [5.74, 6) is 0.972. The molecule has 0 bridgehead atoms. The number of anilines is 1. The largest absolute Gasteiger partial charge is 0.375 e. The Bertz CT molecular complexity index is 575. The molecule has 1 fully saturated rings. The molecule has 3 rings (SSSR count). The molecule has 0 radical (unpaired) electrons. The van der Waals surface area contributed by atoms with E-state index in [9.17, 15) is 0 Å². The molecule has 18 heavy (non-hydrogen) atoms. The number of fused-ring (bicyclic) bond motifs is 1. The molecule has 3 heterocycles. The van der Waals surface area contributed by atoms with E-state index in [0.717, 1.165) is 36.4 Å². The monoisotopic (exact) mass is 263 g/mol. The summed E-state index contributed by atoms with van der Waals surface area (Å²) in [4.78, 5) is 10.9. The third-order valence-electron chi connectivity index (χ3n) is 3.12. The SMILES string of the molecule is C[C@@H]1CN(c2ccc3c(Cl)nccc3n2)CCO1. The van der Waals surface area contributed by atoms with Gasteiger partial charge in [0.2, 0.25) is 0 Å². The van der Waals surface area contributed by atoms with Gasteiger partial charge in [-0.05, 0) is 25.1 Å². The average molecular weight is 264 g/mol. The van der Waals surface area contributed by atoms with Crippen molar-refractivity contribution in [2.45, 2.75) is 13.0 Å². The van der Waals surface area contributed by atoms with Gasteiger partial charge in [-0.15, -0.1) is 0 Å². The minimum atomic E-state index is 0.247. The smallest absolute Gasteiger partial charge is 0.138 e. The number of morpholine rings is 1. The van der Waals surface area contributed by atoms with Gasteiger partial charge in [-0.2, -0.15) is 0 Å². The Labute approximate surface area is 111 Å². The number of nitrogens with zero attached hydrogens (tertiary/aromatic N) is 3. The van der Waals surface area contributed by atoms with Gasteiger partial charge in [-0.3, -0.25) is 0 Å². The van der Waals surface area contributed by atoms with Crippen molar-refractivity contribution >= 4 is 28.3 Å². The highest BCUT2D eigenvalue weighted by molar-refractivity contribution is 6.34. The highest BCUT2D eigenvalue weighted by atomic mass is 35.5. The van der Waals surface area contributed by atoms with E-state index in [1.165, 1.54) is 0 Å². The van der Waals surface area contributed by atoms with Gasteiger partial charge in [0.1, 0.15) is 11.0 Å². The maximum absolute atomic E-state index is 6.03. The van der Waals surface area contributed by atoms with Crippen molar-refractivity contribution in [2.75, 3.05) is 24.6 Å². The normalized spacial score (nSPS) is 20.3. The molecule has 5 heteroatoms. The van der Waals surface area contributed by atoms with Crippen LogP contribution in [-0.2, 0) is 4.74 Å². The summed E-state index contributed by atoms with van der Waals surface area (Å²) in [5.41, 5.74) is 0.881. The first-order valence-electron chi connectivity index (χ1n) is 6.02. The number of rotatable bonds is 1. The predicted molar refractivity (Wildman–Crippen MR) is 72.2 cm³/mol. The molecule has 0 N–H and O–H groups in total. The molecule has 2 aromatic heterocycles. The van der Waals surface area contributed by atoms with Crippen molar-refractivity contribution in [1.82, 2.24) is 9.97 Å². The molecule has 2 aromatic rings. The van der Waals surface area contributed by atoms with Crippen LogP contribution in [-0.4, -0.2) is 35.8 Å². The van der Waals surface area contributed by atoms with E-state index in [1.54, 1.807) is 6.20 Å². The maximum atomic E-state index is 6.03. The Kier molecular flexibility index (Phi) is 3.06. The molecule has 94 valence electrons. The number of halogens is 1. The zero-order valence-corrected chi connectivity index (χ0v) is 10.9. The number of hydrogen-bond donors (Lipinski definition) is 0. The summed E-state index contributed by atoms with van der Waals surface area (Å²) in [6, 6.07) is 5.86. The predicted octanol–water partition coefficient (Wildman–Crippen LogP) is 2.51. The second-order valence-electron chi connectivity index (χ2n) is 4.47. The first-order chi connectivity index (χ1) is 8.74. The van der Waals surface area contributed by atoms with E-state index in [4.69, 9.17) is 16.3 Å². The fourth-order valence-corrected chi connectivity index (χ4v) is 2.43. The first kappa shape index (κ1) is 11.7. The highest BCUT2D eigenvalue weighted by Crippen LogP contribution is 2.23. The molecule has 1 atom stereocenters. The molecule has 0 aromatic carbocycles. The van der Waals surface area contributed by atoms with E-state index >= 15 is 0 Å². The Balaban J connectivity index is 1.98. The van der Waals surface area contributed by atoms with Crippen molar-refractivity contribution in [3.05, 3.63) is 29.5 Å². The van der Waals surface area contributed by atoms with Crippen LogP contribution in [0.1, 0.15) is 6.92 Å². The summed E-state index contributed by atoms with van der Waals surface area (Å²) in [6.45, 7) is 4.57. The van der Waals surface area contributed by atoms with Crippen LogP contribution in [0, 0.1) is 0 Å². The third-order valence-corrected chi connectivity index (χ3v) is 3.42. The van der Waals surface area contributed by atoms with Gasteiger partial charge in [-0.1, -0.05) is 11.6 Å². The summed E-state index contributed by atoms with van der Waals surface area (Å²) in [7, 11) is 0. The number of pyridine rings is 2. The van der Waals surface area contributed by atoms with Gasteiger partial charge in [0, 0.05) is 24.7 Å². The Hall–Kier alpha value is -1.39. The zero-order valence-electron chi connectivity index (χ0n) is 10.1. The summed E-state index contributed by atoms with van der Waals surface area (Å²) >= 11 is 6.03. The van der Waals surface area contributed by atoms with E-state index in [0.29, 0.717) is 5.15 Å². The number of hydrogen-bond acceptors (Lipinski definition) is 4. The van der Waals surface area contributed by atoms with Crippen LogP contribution in [0.3, 0.4) is 0 Å². The maximum Gasteiger partial charge on any atom is 0.138 e. The summed E-state index contributed by atoms with van der Waals surface area (Å²) < 4.78 is 5.54. The van der Waals surface area contributed by atoms with E-state index in [1.807, 2.05) is 18.2 Å². The standard InChI is InChI=1S/C13H14ClN3O/c1-9-8-17(6-7-18-9)12-3-2-10-11(16-12)4-5-15-13(10)14/h2-5,9H,6-8H2,1H3/t9-/m1/s1. The molecule has 0 amide bonds. The molecular weight excluding hydrogens is 250 g/mol. The average Bonchev–Trinajstić information content (AvgIpc) is 2.39. The van der Waals surface area contributed by atoms with Crippen LogP contribution < -0.4 is 4.90 Å². The van der Waals surface area contributed by atoms with Gasteiger partial charge in [0.15, 0.2) is 0 Å². The molecule has 0 unspecified atom stereocenters. The van der Waals surface area contributed by atoms with Crippen LogP contribution in [0.5, 0.6) is 0 Å². The Morgan fingerprint density at radius 2 is 2.28 bits per heavy atom. The van der Waals surface area contributed by atoms with Crippen LogP contribution >= 0.6 is 11.6 Å². The lowest BCUT2D eigenvalue weighted by atomic mass is 10.2. The molecule has 0 spiro atoms. The molecule has 0 aliphatic carbocycles. The Morgan fingerprint density at radius 3 is 3.11 bits per heavy atom. The number of aromatic nitrogens is 2. The molecule has 1 aliphatic rings. The lowest BCUT2D eigenvalue weighted by Gasteiger charge is -2.32. The second-order valence-corrected chi connectivity index (χ2v) is 4.82. The van der Waals surface area contributed by atoms with Crippen molar-refractivity contribution < 1.29 is 4.74 Å². The van der Waals surface area contributed by atoms with E-state index < -0.39 is 0 Å². The lowest BCUT2D eigenvalue weighted by Crippen LogP contribution is -2.41. The molecule has 1 aliphatic heterocycles. The minimum Gasteiger partial charge on any atom is -0.375 e. The molecular formula is C13H14ClN3O. The quantitative estimate of drug-likeness (QED) is 0.741. The molecule has 0 saturated carbocycles. The second kappa shape index (κ2) is 4.71. The molecule has 1 saturated heterocycles. The fourth-order valence-electron chi connectivity index (χ4n) is 2.21. The van der Waals surface area contributed by atoms with Gasteiger partial charge in [0.05, 0.1) is 18.2 Å². The Morgan fingerprint density at radius 1 is 1.39 bits per heavy atom. The first-order valence-corrected chi connectivity index (χ1v) is 6.39. The molecule has 4 nitrogen and oxygen atoms in total. The highest BCUT2D eigenvalue weighted by Gasteiger charge is 2.18. The van der Waals surface area contributed by atoms with Crippen LogP contribution in [0.4, 0.5) is 5.82 Å². The van der Waals surface area contributed by atoms with Crippen LogP contribution in [0.2, 0.25) is 5.15 Å². The van der Waals surface area contributed by atoms with Crippen LogP contribution in [0.25, 0.3) is 10.9 Å². The van der Waals surface area contributed by atoms with Crippen molar-refractivity contribution in [3.63, 3.8) is 0 Å². The van der Waals surface area contributed by atoms with Crippen molar-refractivity contribution in [3.8, 4) is 0 Å². The van der Waals surface area contributed by atoms with Gasteiger partial charge in [-0.25, -0.2) is 9.97 Å². The summed E-state index contributed by atoms with van der Waals surface area (Å²) in [6.07, 6.45) is 1.93. The number of ether oxygens (including phenoxy) is 1. The van der Waals surface area contributed by atoms with Gasteiger partial charge >= 0.3 is 0 Å². The summed E-state index contributed by atoms with van der Waals surface area (Å²) in [5, 5.41) is 1.39. The fraction of sp³-hybridized carbons (Fsp3) is 0.385. The topological polar surface area (TPSA) is 38.2 Å². The van der Waals surface area contributed by atoms with Gasteiger partial charge in [0.25, 0.3) is 0 Å². The van der Waals surface area contributed by atoms with Gasteiger partial charge < -0.3 is 9.64 Å².